The molecule has 200 valence electrons. The molecule has 0 aliphatic carbocycles. The predicted molar refractivity (Wildman–Crippen MR) is 156 cm³/mol. The first-order valence-corrected chi connectivity index (χ1v) is 13.7. The minimum absolute atomic E-state index is 0.235. The molecule has 2 bridgehead atoms. The van der Waals surface area contributed by atoms with Crippen molar-refractivity contribution in [3.63, 3.8) is 0 Å². The van der Waals surface area contributed by atoms with Gasteiger partial charge in [-0.05, 0) is 61.9 Å². The van der Waals surface area contributed by atoms with Crippen molar-refractivity contribution in [2.24, 2.45) is 5.92 Å². The number of nitrogens with zero attached hydrogens (tertiary/aromatic N) is 4. The largest absolute Gasteiger partial charge is 0.448 e. The number of nitrogens with one attached hydrogen (secondary N) is 1. The molecule has 1 N–H and O–H groups in total. The van der Waals surface area contributed by atoms with E-state index in [0.717, 1.165) is 65.2 Å². The summed E-state index contributed by atoms with van der Waals surface area (Å²) in [6.07, 6.45) is 1.74. The van der Waals surface area contributed by atoms with Gasteiger partial charge in [0, 0.05) is 54.9 Å². The van der Waals surface area contributed by atoms with Gasteiger partial charge < -0.3 is 9.64 Å². The lowest BCUT2D eigenvalue weighted by Crippen LogP contribution is -2.54. The number of rotatable bonds is 6. The van der Waals surface area contributed by atoms with Crippen LogP contribution in [0.5, 0.6) is 0 Å². The summed E-state index contributed by atoms with van der Waals surface area (Å²) in [7, 11) is 4.09. The summed E-state index contributed by atoms with van der Waals surface area (Å²) in [5, 5.41) is 5.04. The van der Waals surface area contributed by atoms with Crippen LogP contribution in [0.25, 0.3) is 22.0 Å². The summed E-state index contributed by atoms with van der Waals surface area (Å²) in [5.41, 5.74) is 5.15. The second-order valence-corrected chi connectivity index (χ2v) is 11.0. The summed E-state index contributed by atoms with van der Waals surface area (Å²) in [6.45, 7) is 4.34. The molecule has 3 aliphatic rings. The molecule has 7 nitrogen and oxygen atoms in total. The van der Waals surface area contributed by atoms with Gasteiger partial charge in [0.2, 0.25) is 0 Å². The van der Waals surface area contributed by atoms with E-state index in [1.165, 1.54) is 5.69 Å². The molecule has 39 heavy (non-hydrogen) atoms. The van der Waals surface area contributed by atoms with Crippen molar-refractivity contribution in [3.8, 4) is 11.3 Å². The Morgan fingerprint density at radius 1 is 1.05 bits per heavy atom. The third-order valence-electron chi connectivity index (χ3n) is 8.23. The highest BCUT2D eigenvalue weighted by atomic mass is 16.5. The van der Waals surface area contributed by atoms with Gasteiger partial charge in [-0.2, -0.15) is 0 Å². The normalized spacial score (nSPS) is 22.0. The Hall–Kier alpha value is -3.97. The van der Waals surface area contributed by atoms with Gasteiger partial charge in [0.15, 0.2) is 0 Å². The van der Waals surface area contributed by atoms with E-state index in [-0.39, 0.29) is 6.04 Å². The molecule has 4 heterocycles. The molecule has 3 aromatic carbocycles. The summed E-state index contributed by atoms with van der Waals surface area (Å²) in [6, 6.07) is 24.8. The lowest BCUT2D eigenvalue weighted by atomic mass is 9.74. The summed E-state index contributed by atoms with van der Waals surface area (Å²) >= 11 is 0. The Bertz CT molecular complexity index is 1480. The number of piperidine rings is 3. The molecule has 7 heteroatoms. The molecular formula is C32H35N5O2. The molecule has 4 atom stereocenters. The number of amides is 1. The van der Waals surface area contributed by atoms with Crippen molar-refractivity contribution >= 4 is 28.2 Å². The maximum absolute atomic E-state index is 12.7. The van der Waals surface area contributed by atoms with E-state index in [2.05, 4.69) is 45.4 Å². The van der Waals surface area contributed by atoms with Crippen molar-refractivity contribution in [1.29, 1.82) is 0 Å². The zero-order valence-electron chi connectivity index (χ0n) is 22.8. The number of anilines is 2. The zero-order valence-corrected chi connectivity index (χ0v) is 22.8. The second kappa shape index (κ2) is 10.7. The summed E-state index contributed by atoms with van der Waals surface area (Å²) in [4.78, 5) is 26.9. The zero-order chi connectivity index (χ0) is 26.9. The molecule has 4 unspecified atom stereocenters. The lowest BCUT2D eigenvalue weighted by molar-refractivity contribution is -0.00150. The van der Waals surface area contributed by atoms with Gasteiger partial charge in [-0.25, -0.2) is 14.8 Å². The Labute approximate surface area is 229 Å². The highest BCUT2D eigenvalue weighted by Crippen LogP contribution is 2.42. The topological polar surface area (TPSA) is 70.6 Å². The quantitative estimate of drug-likeness (QED) is 0.331. The molecule has 0 spiro atoms. The highest BCUT2D eigenvalue weighted by Gasteiger charge is 2.42. The number of hydrogen-bond acceptors (Lipinski definition) is 6. The average molecular weight is 522 g/mol. The highest BCUT2D eigenvalue weighted by molar-refractivity contribution is 6.00. The number of fused-ring (bicyclic) bond motifs is 4. The fourth-order valence-electron chi connectivity index (χ4n) is 6.16. The summed E-state index contributed by atoms with van der Waals surface area (Å²) in [5.74, 6) is 1.68. The number of carbonyl (C=O) groups is 1. The van der Waals surface area contributed by atoms with Gasteiger partial charge >= 0.3 is 6.09 Å². The summed E-state index contributed by atoms with van der Waals surface area (Å²) < 4.78 is 5.73. The van der Waals surface area contributed by atoms with E-state index in [0.29, 0.717) is 18.4 Å². The van der Waals surface area contributed by atoms with Gasteiger partial charge in [-0.1, -0.05) is 48.5 Å². The second-order valence-electron chi connectivity index (χ2n) is 11.0. The minimum atomic E-state index is -0.401. The van der Waals surface area contributed by atoms with Gasteiger partial charge in [-0.15, -0.1) is 0 Å². The third-order valence-corrected chi connectivity index (χ3v) is 8.23. The molecule has 4 aromatic rings. The number of aromatic nitrogens is 2. The molecule has 7 rings (SSSR count). The van der Waals surface area contributed by atoms with Crippen LogP contribution < -0.4 is 10.2 Å². The van der Waals surface area contributed by atoms with Gasteiger partial charge in [0.1, 0.15) is 12.4 Å². The minimum Gasteiger partial charge on any atom is -0.448 e. The maximum Gasteiger partial charge on any atom is 0.411 e. The SMILES string of the molecule is Cc1nc(-c2ccc(N(C)C)cc2)cc(C2CN3CCC2CC3COC(=O)Nc2cccc3ccccc23)n1. The van der Waals surface area contributed by atoms with Crippen LogP contribution in [0.1, 0.15) is 30.3 Å². The predicted octanol–water partition coefficient (Wildman–Crippen LogP) is 6.10. The van der Waals surface area contributed by atoms with Crippen LogP contribution in [-0.4, -0.2) is 60.8 Å². The number of ether oxygens (including phenoxy) is 1. The Morgan fingerprint density at radius 3 is 2.62 bits per heavy atom. The lowest BCUT2D eigenvalue weighted by Gasteiger charge is -2.49. The van der Waals surface area contributed by atoms with Crippen molar-refractivity contribution < 1.29 is 9.53 Å². The van der Waals surface area contributed by atoms with Crippen LogP contribution in [0.2, 0.25) is 0 Å². The van der Waals surface area contributed by atoms with E-state index in [1.807, 2.05) is 63.5 Å². The van der Waals surface area contributed by atoms with Gasteiger partial charge in [0.25, 0.3) is 0 Å². The van der Waals surface area contributed by atoms with Crippen LogP contribution in [0, 0.1) is 12.8 Å². The molecule has 1 aromatic heterocycles. The van der Waals surface area contributed by atoms with E-state index in [1.54, 1.807) is 0 Å². The van der Waals surface area contributed by atoms with E-state index < -0.39 is 6.09 Å². The van der Waals surface area contributed by atoms with Crippen LogP contribution in [0.4, 0.5) is 16.2 Å². The Kier molecular flexibility index (Phi) is 6.92. The number of carbonyl (C=O) groups excluding carboxylic acids is 1. The average Bonchev–Trinajstić information content (AvgIpc) is 2.96. The number of aryl methyl sites for hydroxylation is 1. The first-order valence-electron chi connectivity index (χ1n) is 13.7. The first kappa shape index (κ1) is 25.3. The standard InChI is InChI=1S/C32H35N5O2/c1-21-33-30(23-11-13-25(14-12-23)36(2)3)18-31(34-21)28-19-37-16-15-24(28)17-26(37)20-39-32(38)35-29-10-6-8-22-7-4-5-9-27(22)29/h4-14,18,24,26,28H,15-17,19-20H2,1-3H3,(H,35,38). The van der Waals surface area contributed by atoms with Crippen LogP contribution in [-0.2, 0) is 4.74 Å². The van der Waals surface area contributed by atoms with Crippen LogP contribution in [0.15, 0.2) is 72.8 Å². The third kappa shape index (κ3) is 5.32. The van der Waals surface area contributed by atoms with Gasteiger partial charge in [-0.3, -0.25) is 10.2 Å². The Morgan fingerprint density at radius 2 is 1.85 bits per heavy atom. The molecular weight excluding hydrogens is 486 g/mol. The van der Waals surface area contributed by atoms with Gasteiger partial charge in [0.05, 0.1) is 11.4 Å². The van der Waals surface area contributed by atoms with Crippen LogP contribution >= 0.6 is 0 Å². The van der Waals surface area contributed by atoms with E-state index in [4.69, 9.17) is 14.7 Å². The van der Waals surface area contributed by atoms with Crippen molar-refractivity contribution in [3.05, 3.63) is 84.3 Å². The smallest absolute Gasteiger partial charge is 0.411 e. The molecule has 3 saturated heterocycles. The van der Waals surface area contributed by atoms with E-state index in [9.17, 15) is 4.79 Å². The van der Waals surface area contributed by atoms with E-state index >= 15 is 0 Å². The molecule has 0 saturated carbocycles. The molecule has 1 amide bonds. The fourth-order valence-corrected chi connectivity index (χ4v) is 6.16. The maximum atomic E-state index is 12.7. The molecule has 0 radical (unpaired) electrons. The molecule has 3 fully saturated rings. The monoisotopic (exact) mass is 521 g/mol. The number of hydrogen-bond donors (Lipinski definition) is 1. The van der Waals surface area contributed by atoms with Crippen molar-refractivity contribution in [2.75, 3.05) is 44.0 Å². The first-order chi connectivity index (χ1) is 18.9. The van der Waals surface area contributed by atoms with Crippen molar-refractivity contribution in [2.45, 2.75) is 31.7 Å². The number of benzene rings is 3. The molecule has 3 aliphatic heterocycles. The van der Waals surface area contributed by atoms with Crippen molar-refractivity contribution in [1.82, 2.24) is 14.9 Å². The van der Waals surface area contributed by atoms with Crippen LogP contribution in [0.3, 0.4) is 0 Å². The Balaban J connectivity index is 1.11. The fraction of sp³-hybridized carbons (Fsp3) is 0.344.